The van der Waals surface area contributed by atoms with Gasteiger partial charge in [-0.3, -0.25) is 9.59 Å². The molecule has 1 aromatic carbocycles. The normalized spacial score (nSPS) is 10.6. The Labute approximate surface area is 149 Å². The van der Waals surface area contributed by atoms with E-state index in [0.717, 1.165) is 0 Å². The summed E-state index contributed by atoms with van der Waals surface area (Å²) >= 11 is 6.20. The molecule has 7 nitrogen and oxygen atoms in total. The van der Waals surface area contributed by atoms with Gasteiger partial charge in [0.2, 0.25) is 0 Å². The van der Waals surface area contributed by atoms with E-state index in [2.05, 4.69) is 4.74 Å². The van der Waals surface area contributed by atoms with E-state index >= 15 is 0 Å². The highest BCUT2D eigenvalue weighted by Crippen LogP contribution is 2.32. The van der Waals surface area contributed by atoms with Crippen LogP contribution in [0.2, 0.25) is 5.02 Å². The molecule has 2 aromatic rings. The third kappa shape index (κ3) is 4.11. The maximum absolute atomic E-state index is 12.1. The number of methoxy groups -OCH3 is 1. The van der Waals surface area contributed by atoms with Gasteiger partial charge in [0.05, 0.1) is 24.1 Å². The van der Waals surface area contributed by atoms with Crippen LogP contribution in [0.15, 0.2) is 21.3 Å². The first-order valence-corrected chi connectivity index (χ1v) is 7.78. The topological polar surface area (TPSA) is 86.1 Å². The van der Waals surface area contributed by atoms with Crippen LogP contribution in [-0.4, -0.2) is 44.6 Å². The van der Waals surface area contributed by atoms with E-state index in [9.17, 15) is 14.4 Å². The van der Waals surface area contributed by atoms with Gasteiger partial charge in [-0.1, -0.05) is 11.6 Å². The van der Waals surface area contributed by atoms with E-state index < -0.39 is 11.6 Å². The van der Waals surface area contributed by atoms with Crippen molar-refractivity contribution in [2.24, 2.45) is 0 Å². The molecule has 0 atom stereocenters. The van der Waals surface area contributed by atoms with Crippen molar-refractivity contribution in [3.8, 4) is 5.75 Å². The summed E-state index contributed by atoms with van der Waals surface area (Å²) in [5.74, 6) is -0.544. The highest BCUT2D eigenvalue weighted by atomic mass is 35.5. The van der Waals surface area contributed by atoms with Gasteiger partial charge in [-0.05, 0) is 18.6 Å². The Kier molecular flexibility index (Phi) is 5.69. The quantitative estimate of drug-likeness (QED) is 0.593. The summed E-state index contributed by atoms with van der Waals surface area (Å²) in [6, 6.07) is 3.03. The van der Waals surface area contributed by atoms with E-state index in [4.69, 9.17) is 20.8 Å². The number of aryl methyl sites for hydroxylation is 1. The average Bonchev–Trinajstić information content (AvgIpc) is 2.57. The number of nitrogens with zero attached hydrogens (tertiary/aromatic N) is 1. The molecule has 0 bridgehead atoms. The Morgan fingerprint density at radius 3 is 2.56 bits per heavy atom. The second-order valence-corrected chi connectivity index (χ2v) is 6.01. The van der Waals surface area contributed by atoms with Crippen molar-refractivity contribution in [3.05, 3.63) is 38.7 Å². The molecule has 0 aliphatic rings. The Balaban J connectivity index is 2.44. The molecule has 2 rings (SSSR count). The van der Waals surface area contributed by atoms with Crippen molar-refractivity contribution >= 4 is 34.4 Å². The van der Waals surface area contributed by atoms with Gasteiger partial charge in [0.1, 0.15) is 11.3 Å². The molecule has 0 radical (unpaired) electrons. The maximum atomic E-state index is 12.1. The van der Waals surface area contributed by atoms with Gasteiger partial charge in [-0.15, -0.1) is 0 Å². The number of carbonyl (C=O) groups is 2. The first-order chi connectivity index (χ1) is 11.7. The second kappa shape index (κ2) is 7.57. The summed E-state index contributed by atoms with van der Waals surface area (Å²) in [6.45, 7) is 1.51. The number of esters is 1. The third-order valence-corrected chi connectivity index (χ3v) is 4.03. The molecule has 0 aliphatic heterocycles. The van der Waals surface area contributed by atoms with E-state index in [1.807, 2.05) is 0 Å². The molecule has 1 aromatic heterocycles. The molecule has 1 heterocycles. The highest BCUT2D eigenvalue weighted by molar-refractivity contribution is 6.32. The van der Waals surface area contributed by atoms with Crippen LogP contribution in [-0.2, 0) is 20.7 Å². The number of carbonyl (C=O) groups excluding carboxylic acids is 2. The lowest BCUT2D eigenvalue weighted by Gasteiger charge is -2.13. The number of benzene rings is 1. The smallest absolute Gasteiger partial charge is 0.340 e. The van der Waals surface area contributed by atoms with E-state index in [-0.39, 0.29) is 40.9 Å². The standard InChI is InChI=1S/C17H18ClNO6/c1-9-10-5-12(18)14(24-8-15(20)19(2)3)7-13(10)25-17(22)11(9)6-16(21)23-4/h5,7H,6,8H2,1-4H3. The minimum atomic E-state index is -0.631. The predicted molar refractivity (Wildman–Crippen MR) is 92.1 cm³/mol. The zero-order valence-corrected chi connectivity index (χ0v) is 15.1. The predicted octanol–water partition coefficient (Wildman–Crippen LogP) is 1.94. The lowest BCUT2D eigenvalue weighted by molar-refractivity contribution is -0.139. The Bertz CT molecular complexity index is 887. The summed E-state index contributed by atoms with van der Waals surface area (Å²) in [7, 11) is 4.47. The summed E-state index contributed by atoms with van der Waals surface area (Å²) < 4.78 is 15.3. The number of hydrogen-bond donors (Lipinski definition) is 0. The van der Waals surface area contributed by atoms with Crippen LogP contribution < -0.4 is 10.4 Å². The molecule has 134 valence electrons. The minimum Gasteiger partial charge on any atom is -0.482 e. The van der Waals surface area contributed by atoms with Crippen molar-refractivity contribution in [2.45, 2.75) is 13.3 Å². The third-order valence-electron chi connectivity index (χ3n) is 3.74. The Morgan fingerprint density at radius 1 is 1.28 bits per heavy atom. The minimum absolute atomic E-state index is 0.187. The van der Waals surface area contributed by atoms with Gasteiger partial charge >= 0.3 is 11.6 Å². The lowest BCUT2D eigenvalue weighted by atomic mass is 10.0. The van der Waals surface area contributed by atoms with E-state index in [0.29, 0.717) is 10.9 Å². The van der Waals surface area contributed by atoms with E-state index in [1.165, 1.54) is 18.1 Å². The summed E-state index contributed by atoms with van der Waals surface area (Å²) in [6.07, 6.45) is -0.187. The Morgan fingerprint density at radius 2 is 1.96 bits per heavy atom. The molecule has 0 aliphatic carbocycles. The molecule has 8 heteroatoms. The lowest BCUT2D eigenvalue weighted by Crippen LogP contribution is -2.27. The maximum Gasteiger partial charge on any atom is 0.340 e. The van der Waals surface area contributed by atoms with Crippen molar-refractivity contribution in [3.63, 3.8) is 0 Å². The summed E-state index contributed by atoms with van der Waals surface area (Å²) in [5, 5.41) is 0.842. The van der Waals surface area contributed by atoms with Crippen molar-refractivity contribution in [2.75, 3.05) is 27.8 Å². The number of hydrogen-bond acceptors (Lipinski definition) is 6. The van der Waals surface area contributed by atoms with Crippen LogP contribution in [0, 0.1) is 6.92 Å². The number of likely N-dealkylation sites (N-methyl/N-ethyl adjacent to an activating group) is 1. The fraction of sp³-hybridized carbons (Fsp3) is 0.353. The van der Waals surface area contributed by atoms with Gasteiger partial charge in [0, 0.05) is 25.5 Å². The first-order valence-electron chi connectivity index (χ1n) is 7.40. The number of ether oxygens (including phenoxy) is 2. The zero-order chi connectivity index (χ0) is 18.7. The summed E-state index contributed by atoms with van der Waals surface area (Å²) in [5.41, 5.74) is 0.419. The SMILES string of the molecule is COC(=O)Cc1c(C)c2cc(Cl)c(OCC(=O)N(C)C)cc2oc1=O. The van der Waals surface area contributed by atoms with Gasteiger partial charge in [0.25, 0.3) is 5.91 Å². The van der Waals surface area contributed by atoms with Gasteiger partial charge in [0.15, 0.2) is 6.61 Å². The van der Waals surface area contributed by atoms with Crippen molar-refractivity contribution in [1.82, 2.24) is 4.90 Å². The van der Waals surface area contributed by atoms with Crippen LogP contribution in [0.3, 0.4) is 0 Å². The van der Waals surface area contributed by atoms with Crippen LogP contribution in [0.4, 0.5) is 0 Å². The number of amides is 1. The molecule has 0 spiro atoms. The van der Waals surface area contributed by atoms with Crippen LogP contribution in [0.5, 0.6) is 5.75 Å². The van der Waals surface area contributed by atoms with Crippen LogP contribution in [0.1, 0.15) is 11.1 Å². The number of rotatable bonds is 5. The average molecular weight is 368 g/mol. The molecule has 1 amide bonds. The first kappa shape index (κ1) is 18.8. The second-order valence-electron chi connectivity index (χ2n) is 5.60. The summed E-state index contributed by atoms with van der Waals surface area (Å²) in [4.78, 5) is 36.6. The van der Waals surface area contributed by atoms with Crippen LogP contribution in [0.25, 0.3) is 11.0 Å². The van der Waals surface area contributed by atoms with Crippen LogP contribution >= 0.6 is 11.6 Å². The molecule has 0 unspecified atom stereocenters. The monoisotopic (exact) mass is 367 g/mol. The Hall–Kier alpha value is -2.54. The van der Waals surface area contributed by atoms with Gasteiger partial charge in [-0.2, -0.15) is 0 Å². The van der Waals surface area contributed by atoms with E-state index in [1.54, 1.807) is 27.1 Å². The van der Waals surface area contributed by atoms with Crippen molar-refractivity contribution < 1.29 is 23.5 Å². The molecular weight excluding hydrogens is 350 g/mol. The fourth-order valence-corrected chi connectivity index (χ4v) is 2.41. The molecular formula is C17H18ClNO6. The molecule has 0 saturated heterocycles. The van der Waals surface area contributed by atoms with Gasteiger partial charge in [-0.25, -0.2) is 4.79 Å². The number of fused-ring (bicyclic) bond motifs is 1. The number of halogens is 1. The zero-order valence-electron chi connectivity index (χ0n) is 14.3. The molecule has 0 saturated carbocycles. The molecule has 25 heavy (non-hydrogen) atoms. The highest BCUT2D eigenvalue weighted by Gasteiger charge is 2.17. The molecule has 0 N–H and O–H groups in total. The largest absolute Gasteiger partial charge is 0.482 e. The molecule has 0 fully saturated rings. The van der Waals surface area contributed by atoms with Crippen molar-refractivity contribution in [1.29, 1.82) is 0 Å². The van der Waals surface area contributed by atoms with Gasteiger partial charge < -0.3 is 18.8 Å². The fourth-order valence-electron chi connectivity index (χ4n) is 2.19.